The summed E-state index contributed by atoms with van der Waals surface area (Å²) in [7, 11) is 1.60. The first-order valence-corrected chi connectivity index (χ1v) is 8.70. The molecule has 2 aromatic carbocycles. The Morgan fingerprint density at radius 2 is 2.04 bits per heavy atom. The third kappa shape index (κ3) is 2.82. The maximum absolute atomic E-state index is 11.0. The van der Waals surface area contributed by atoms with Crippen molar-refractivity contribution in [3.05, 3.63) is 64.2 Å². The molecular formula is C17H13N5O3S. The highest BCUT2D eigenvalue weighted by molar-refractivity contribution is 7.99. The molecule has 0 unspecified atom stereocenters. The fourth-order valence-corrected chi connectivity index (χ4v) is 3.50. The molecule has 0 amide bonds. The van der Waals surface area contributed by atoms with E-state index < -0.39 is 4.92 Å². The van der Waals surface area contributed by atoms with Gasteiger partial charge in [0.2, 0.25) is 5.16 Å². The first kappa shape index (κ1) is 16.3. The summed E-state index contributed by atoms with van der Waals surface area (Å²) in [5.41, 5.74) is 2.24. The quantitative estimate of drug-likeness (QED) is 0.519. The van der Waals surface area contributed by atoms with Gasteiger partial charge in [-0.2, -0.15) is 9.78 Å². The van der Waals surface area contributed by atoms with Gasteiger partial charge in [-0.05, 0) is 12.1 Å². The lowest BCUT2D eigenvalue weighted by Crippen LogP contribution is -2.14. The number of aromatic nitrogens is 3. The second-order valence-corrected chi connectivity index (χ2v) is 6.40. The molecule has 1 aliphatic heterocycles. The Bertz CT molecular complexity index is 1030. The van der Waals surface area contributed by atoms with Gasteiger partial charge in [0.05, 0.1) is 23.3 Å². The molecule has 0 N–H and O–H groups in total. The monoisotopic (exact) mass is 367 g/mol. The number of nitrogens with zero attached hydrogens (tertiary/aromatic N) is 5. The lowest BCUT2D eigenvalue weighted by atomic mass is 10.1. The van der Waals surface area contributed by atoms with Crippen molar-refractivity contribution < 1.29 is 9.66 Å². The van der Waals surface area contributed by atoms with Crippen molar-refractivity contribution in [3.63, 3.8) is 0 Å². The van der Waals surface area contributed by atoms with Crippen molar-refractivity contribution in [2.75, 3.05) is 12.9 Å². The maximum atomic E-state index is 11.0. The second-order valence-electron chi connectivity index (χ2n) is 5.46. The van der Waals surface area contributed by atoms with Crippen LogP contribution in [-0.2, 0) is 0 Å². The number of hydrogen-bond acceptors (Lipinski definition) is 7. The van der Waals surface area contributed by atoms with Crippen LogP contribution in [-0.4, -0.2) is 38.4 Å². The first-order valence-electron chi connectivity index (χ1n) is 7.71. The minimum absolute atomic E-state index is 0.0368. The van der Waals surface area contributed by atoms with Crippen LogP contribution in [0.4, 0.5) is 5.69 Å². The fourth-order valence-electron chi connectivity index (χ4n) is 2.67. The number of rotatable bonds is 4. The van der Waals surface area contributed by atoms with Crippen molar-refractivity contribution in [2.45, 2.75) is 5.16 Å². The number of hydrogen-bond donors (Lipinski definition) is 0. The molecule has 3 aromatic rings. The molecular weight excluding hydrogens is 354 g/mol. The van der Waals surface area contributed by atoms with Crippen LogP contribution in [0.1, 0.15) is 5.56 Å². The molecule has 0 spiro atoms. The van der Waals surface area contributed by atoms with Crippen LogP contribution in [0.5, 0.6) is 5.75 Å². The van der Waals surface area contributed by atoms with Crippen LogP contribution in [0, 0.1) is 10.1 Å². The van der Waals surface area contributed by atoms with E-state index in [-0.39, 0.29) is 5.69 Å². The van der Waals surface area contributed by atoms with Crippen LogP contribution >= 0.6 is 11.8 Å². The van der Waals surface area contributed by atoms with Crippen molar-refractivity contribution in [1.82, 2.24) is 14.9 Å². The van der Waals surface area contributed by atoms with E-state index >= 15 is 0 Å². The van der Waals surface area contributed by atoms with Crippen LogP contribution in [0.3, 0.4) is 0 Å². The number of methoxy groups -OCH3 is 1. The second kappa shape index (κ2) is 6.60. The lowest BCUT2D eigenvalue weighted by Gasteiger charge is -2.14. The topological polar surface area (TPSA) is 95.4 Å². The predicted molar refractivity (Wildman–Crippen MR) is 97.8 cm³/mol. The van der Waals surface area contributed by atoms with Crippen LogP contribution in [0.15, 0.2) is 58.8 Å². The summed E-state index contributed by atoms with van der Waals surface area (Å²) in [5, 5.41) is 24.8. The molecule has 0 saturated heterocycles. The summed E-state index contributed by atoms with van der Waals surface area (Å²) in [6.07, 6.45) is 0. The van der Waals surface area contributed by atoms with Gasteiger partial charge in [-0.1, -0.05) is 36.0 Å². The number of nitro benzene ring substituents is 1. The molecule has 9 heteroatoms. The van der Waals surface area contributed by atoms with Crippen molar-refractivity contribution in [2.24, 2.45) is 5.10 Å². The minimum Gasteiger partial charge on any atom is -0.496 e. The van der Waals surface area contributed by atoms with Gasteiger partial charge in [0.25, 0.3) is 5.69 Å². The van der Waals surface area contributed by atoms with Crippen molar-refractivity contribution in [1.29, 1.82) is 0 Å². The van der Waals surface area contributed by atoms with E-state index in [1.54, 1.807) is 17.9 Å². The predicted octanol–water partition coefficient (Wildman–Crippen LogP) is 3.22. The number of para-hydroxylation sites is 1. The lowest BCUT2D eigenvalue weighted by molar-refractivity contribution is -0.384. The Hall–Kier alpha value is -3.20. The Kier molecular flexibility index (Phi) is 4.13. The van der Waals surface area contributed by atoms with Gasteiger partial charge in [-0.3, -0.25) is 10.1 Å². The summed E-state index contributed by atoms with van der Waals surface area (Å²) in [4.78, 5) is 10.6. The molecule has 0 atom stereocenters. The summed E-state index contributed by atoms with van der Waals surface area (Å²) in [5.74, 6) is 1.79. The third-order valence-electron chi connectivity index (χ3n) is 3.91. The minimum atomic E-state index is -0.412. The van der Waals surface area contributed by atoms with E-state index in [0.29, 0.717) is 28.0 Å². The van der Waals surface area contributed by atoms with E-state index in [1.807, 2.05) is 30.3 Å². The summed E-state index contributed by atoms with van der Waals surface area (Å²) < 4.78 is 7.06. The third-order valence-corrected chi connectivity index (χ3v) is 4.84. The Morgan fingerprint density at radius 3 is 2.85 bits per heavy atom. The number of nitro groups is 1. The molecule has 0 aliphatic carbocycles. The van der Waals surface area contributed by atoms with Crippen molar-refractivity contribution >= 4 is 23.2 Å². The molecule has 4 rings (SSSR count). The Balaban J connectivity index is 1.80. The summed E-state index contributed by atoms with van der Waals surface area (Å²) in [6, 6.07) is 14.0. The molecule has 130 valence electrons. The average Bonchev–Trinajstić information content (AvgIpc) is 3.11. The van der Waals surface area contributed by atoms with Gasteiger partial charge >= 0.3 is 0 Å². The highest BCUT2D eigenvalue weighted by atomic mass is 32.2. The van der Waals surface area contributed by atoms with E-state index in [1.165, 1.54) is 23.9 Å². The SMILES string of the molecule is COc1ccccc1-c1nnc2n1N=C(c1cccc([N+](=O)[O-])c1)CS2. The van der Waals surface area contributed by atoms with E-state index in [9.17, 15) is 10.1 Å². The molecule has 0 saturated carbocycles. The van der Waals surface area contributed by atoms with Gasteiger partial charge in [-0.25, -0.2) is 0 Å². The van der Waals surface area contributed by atoms with Crippen LogP contribution in [0.2, 0.25) is 0 Å². The zero-order valence-electron chi connectivity index (χ0n) is 13.7. The molecule has 1 aliphatic rings. The Labute approximate surface area is 152 Å². The fraction of sp³-hybridized carbons (Fsp3) is 0.118. The van der Waals surface area contributed by atoms with Gasteiger partial charge < -0.3 is 4.74 Å². The van der Waals surface area contributed by atoms with Gasteiger partial charge in [-0.15, -0.1) is 10.2 Å². The van der Waals surface area contributed by atoms with E-state index in [2.05, 4.69) is 15.3 Å². The maximum Gasteiger partial charge on any atom is 0.270 e. The number of benzene rings is 2. The molecule has 0 radical (unpaired) electrons. The van der Waals surface area contributed by atoms with Gasteiger partial charge in [0.1, 0.15) is 5.75 Å². The number of ether oxygens (including phenoxy) is 1. The summed E-state index contributed by atoms with van der Waals surface area (Å²) in [6.45, 7) is 0. The molecule has 0 fully saturated rings. The van der Waals surface area contributed by atoms with Gasteiger partial charge in [0, 0.05) is 23.4 Å². The first-order chi connectivity index (χ1) is 12.7. The molecule has 2 heterocycles. The summed E-state index contributed by atoms with van der Waals surface area (Å²) >= 11 is 1.48. The Morgan fingerprint density at radius 1 is 1.19 bits per heavy atom. The van der Waals surface area contributed by atoms with Crippen LogP contribution in [0.25, 0.3) is 11.4 Å². The zero-order valence-corrected chi connectivity index (χ0v) is 14.5. The standard InChI is InChI=1S/C17H13N5O3S/c1-25-15-8-3-2-7-13(15)16-18-19-17-21(16)20-14(10-26-17)11-5-4-6-12(9-11)22(23)24/h2-9H,10H2,1H3. The average molecular weight is 367 g/mol. The molecule has 1 aromatic heterocycles. The number of thioether (sulfide) groups is 1. The molecule has 8 nitrogen and oxygen atoms in total. The smallest absolute Gasteiger partial charge is 0.270 e. The van der Waals surface area contributed by atoms with E-state index in [4.69, 9.17) is 4.74 Å². The largest absolute Gasteiger partial charge is 0.496 e. The van der Waals surface area contributed by atoms with Gasteiger partial charge in [0.15, 0.2) is 5.82 Å². The van der Waals surface area contributed by atoms with Crippen LogP contribution < -0.4 is 4.74 Å². The van der Waals surface area contributed by atoms with E-state index in [0.717, 1.165) is 11.3 Å². The normalized spacial score (nSPS) is 13.0. The molecule has 0 bridgehead atoms. The highest BCUT2D eigenvalue weighted by Crippen LogP contribution is 2.33. The number of fused-ring (bicyclic) bond motifs is 1. The zero-order chi connectivity index (χ0) is 18.1. The molecule has 26 heavy (non-hydrogen) atoms. The number of non-ortho nitro benzene ring substituents is 1. The highest BCUT2D eigenvalue weighted by Gasteiger charge is 2.23. The van der Waals surface area contributed by atoms with Crippen molar-refractivity contribution in [3.8, 4) is 17.1 Å².